The normalized spacial score (nSPS) is 34.2. The summed E-state index contributed by atoms with van der Waals surface area (Å²) in [7, 11) is 0. The smallest absolute Gasteiger partial charge is 0.0233 e. The van der Waals surface area contributed by atoms with Crippen LogP contribution in [0.2, 0.25) is 0 Å². The number of likely N-dealkylation sites (tertiary alicyclic amines) is 2. The Morgan fingerprint density at radius 2 is 1.86 bits per heavy atom. The van der Waals surface area contributed by atoms with Crippen molar-refractivity contribution >= 4 is 11.8 Å². The highest BCUT2D eigenvalue weighted by Crippen LogP contribution is 2.35. The molecule has 3 heteroatoms. The summed E-state index contributed by atoms with van der Waals surface area (Å²) >= 11 is 2.15. The van der Waals surface area contributed by atoms with E-state index < -0.39 is 0 Å². The molecule has 3 aliphatic rings. The fourth-order valence-corrected chi connectivity index (χ4v) is 5.63. The Morgan fingerprint density at radius 3 is 2.67 bits per heavy atom. The molecule has 0 aromatic heterocycles. The molecule has 3 fully saturated rings. The number of hydrogen-bond acceptors (Lipinski definition) is 3. The molecular formula is C18H26N2S. The molecule has 3 heterocycles. The summed E-state index contributed by atoms with van der Waals surface area (Å²) in [5.74, 6) is 4.67. The van der Waals surface area contributed by atoms with E-state index in [4.69, 9.17) is 0 Å². The Kier molecular flexibility index (Phi) is 4.24. The van der Waals surface area contributed by atoms with E-state index in [0.29, 0.717) is 0 Å². The van der Waals surface area contributed by atoms with Gasteiger partial charge in [-0.05, 0) is 42.5 Å². The average Bonchev–Trinajstić information content (AvgIpc) is 3.17. The Balaban J connectivity index is 1.34. The molecule has 0 bridgehead atoms. The summed E-state index contributed by atoms with van der Waals surface area (Å²) < 4.78 is 0. The van der Waals surface area contributed by atoms with Crippen molar-refractivity contribution in [3.63, 3.8) is 0 Å². The molecule has 3 unspecified atom stereocenters. The second-order valence-corrected chi connectivity index (χ2v) is 8.15. The van der Waals surface area contributed by atoms with Crippen molar-refractivity contribution in [2.24, 2.45) is 11.8 Å². The largest absolute Gasteiger partial charge is 0.299 e. The minimum absolute atomic E-state index is 0.892. The number of thioether (sulfide) groups is 1. The lowest BCUT2D eigenvalue weighted by atomic mass is 9.88. The summed E-state index contributed by atoms with van der Waals surface area (Å²) in [6.07, 6.45) is 2.84. The molecule has 0 N–H and O–H groups in total. The van der Waals surface area contributed by atoms with E-state index in [-0.39, 0.29) is 0 Å². The lowest BCUT2D eigenvalue weighted by molar-refractivity contribution is 0.142. The minimum atomic E-state index is 0.892. The molecule has 114 valence electrons. The van der Waals surface area contributed by atoms with Gasteiger partial charge in [0, 0.05) is 38.0 Å². The lowest BCUT2D eigenvalue weighted by Crippen LogP contribution is -2.39. The quantitative estimate of drug-likeness (QED) is 0.847. The van der Waals surface area contributed by atoms with Gasteiger partial charge < -0.3 is 0 Å². The first-order chi connectivity index (χ1) is 10.4. The topological polar surface area (TPSA) is 6.48 Å². The van der Waals surface area contributed by atoms with E-state index in [0.717, 1.165) is 24.4 Å². The molecule has 2 nitrogen and oxygen atoms in total. The molecule has 0 aliphatic carbocycles. The van der Waals surface area contributed by atoms with Crippen LogP contribution >= 0.6 is 11.8 Å². The van der Waals surface area contributed by atoms with Gasteiger partial charge in [0.2, 0.25) is 0 Å². The van der Waals surface area contributed by atoms with Crippen molar-refractivity contribution in [3.8, 4) is 0 Å². The van der Waals surface area contributed by atoms with Crippen LogP contribution < -0.4 is 0 Å². The van der Waals surface area contributed by atoms with Gasteiger partial charge >= 0.3 is 0 Å². The first-order valence-corrected chi connectivity index (χ1v) is 9.62. The maximum absolute atomic E-state index is 2.82. The highest BCUT2D eigenvalue weighted by atomic mass is 32.2. The Bertz CT molecular complexity index is 458. The fourth-order valence-electron chi connectivity index (χ4n) is 4.37. The molecule has 3 atom stereocenters. The Morgan fingerprint density at radius 1 is 1.00 bits per heavy atom. The number of nitrogens with zero attached hydrogens (tertiary/aromatic N) is 2. The number of benzene rings is 1. The minimum Gasteiger partial charge on any atom is -0.299 e. The van der Waals surface area contributed by atoms with Crippen LogP contribution in [0.4, 0.5) is 0 Å². The number of fused-ring (bicyclic) bond motifs is 1. The number of rotatable bonds is 3. The second kappa shape index (κ2) is 6.31. The SMILES string of the molecule is c1ccc(CN2CCC3CN(C4CCSC4)CC3C2)cc1. The zero-order valence-corrected chi connectivity index (χ0v) is 13.6. The maximum Gasteiger partial charge on any atom is 0.0233 e. The van der Waals surface area contributed by atoms with E-state index in [9.17, 15) is 0 Å². The summed E-state index contributed by atoms with van der Waals surface area (Å²) in [6.45, 7) is 6.50. The van der Waals surface area contributed by atoms with Crippen molar-refractivity contribution in [2.75, 3.05) is 37.7 Å². The van der Waals surface area contributed by atoms with Crippen LogP contribution in [-0.4, -0.2) is 53.5 Å². The van der Waals surface area contributed by atoms with Gasteiger partial charge in [-0.1, -0.05) is 30.3 Å². The molecular weight excluding hydrogens is 276 g/mol. The van der Waals surface area contributed by atoms with Crippen LogP contribution in [0.15, 0.2) is 30.3 Å². The van der Waals surface area contributed by atoms with Gasteiger partial charge in [0.05, 0.1) is 0 Å². The van der Waals surface area contributed by atoms with E-state index in [1.807, 2.05) is 0 Å². The average molecular weight is 302 g/mol. The first kappa shape index (κ1) is 14.1. The van der Waals surface area contributed by atoms with E-state index >= 15 is 0 Å². The highest BCUT2D eigenvalue weighted by molar-refractivity contribution is 7.99. The van der Waals surface area contributed by atoms with Crippen LogP contribution in [0.5, 0.6) is 0 Å². The van der Waals surface area contributed by atoms with Crippen LogP contribution in [0, 0.1) is 11.8 Å². The Labute approximate surface area is 132 Å². The molecule has 4 rings (SSSR count). The fraction of sp³-hybridized carbons (Fsp3) is 0.667. The molecule has 3 saturated heterocycles. The molecule has 0 spiro atoms. The van der Waals surface area contributed by atoms with Gasteiger partial charge in [0.25, 0.3) is 0 Å². The maximum atomic E-state index is 2.82. The van der Waals surface area contributed by atoms with Crippen LogP contribution in [-0.2, 0) is 6.54 Å². The van der Waals surface area contributed by atoms with Crippen LogP contribution in [0.3, 0.4) is 0 Å². The van der Waals surface area contributed by atoms with E-state index in [1.165, 1.54) is 56.1 Å². The molecule has 0 amide bonds. The highest BCUT2D eigenvalue weighted by Gasteiger charge is 2.39. The molecule has 1 aromatic rings. The van der Waals surface area contributed by atoms with Crippen molar-refractivity contribution in [2.45, 2.75) is 25.4 Å². The molecule has 3 aliphatic heterocycles. The van der Waals surface area contributed by atoms with Gasteiger partial charge in [-0.2, -0.15) is 11.8 Å². The number of hydrogen-bond donors (Lipinski definition) is 0. The summed E-state index contributed by atoms with van der Waals surface area (Å²) in [5.41, 5.74) is 1.47. The van der Waals surface area contributed by atoms with E-state index in [2.05, 4.69) is 51.9 Å². The molecule has 0 saturated carbocycles. The third kappa shape index (κ3) is 3.15. The predicted octanol–water partition coefficient (Wildman–Crippen LogP) is 2.95. The van der Waals surface area contributed by atoms with Gasteiger partial charge in [0.1, 0.15) is 0 Å². The standard InChI is InChI=1S/C18H26N2S/c1-2-4-15(5-3-1)10-19-8-6-16-12-20(13-17(16)11-19)18-7-9-21-14-18/h1-5,16-18H,6-14H2. The summed E-state index contributed by atoms with van der Waals surface area (Å²) in [5, 5.41) is 0. The summed E-state index contributed by atoms with van der Waals surface area (Å²) in [6, 6.07) is 11.9. The monoisotopic (exact) mass is 302 g/mol. The van der Waals surface area contributed by atoms with Gasteiger partial charge in [-0.3, -0.25) is 9.80 Å². The first-order valence-electron chi connectivity index (χ1n) is 8.46. The second-order valence-electron chi connectivity index (χ2n) is 7.00. The van der Waals surface area contributed by atoms with Crippen molar-refractivity contribution in [1.29, 1.82) is 0 Å². The molecule has 0 radical (unpaired) electrons. The number of piperidine rings is 1. The van der Waals surface area contributed by atoms with Gasteiger partial charge in [-0.25, -0.2) is 0 Å². The zero-order chi connectivity index (χ0) is 14.1. The van der Waals surface area contributed by atoms with Crippen LogP contribution in [0.1, 0.15) is 18.4 Å². The van der Waals surface area contributed by atoms with Gasteiger partial charge in [-0.15, -0.1) is 0 Å². The van der Waals surface area contributed by atoms with E-state index in [1.54, 1.807) is 0 Å². The molecule has 21 heavy (non-hydrogen) atoms. The van der Waals surface area contributed by atoms with Crippen molar-refractivity contribution < 1.29 is 0 Å². The zero-order valence-electron chi connectivity index (χ0n) is 12.8. The lowest BCUT2D eigenvalue weighted by Gasteiger charge is -2.34. The Hall–Kier alpha value is -0.510. The van der Waals surface area contributed by atoms with Crippen molar-refractivity contribution in [3.05, 3.63) is 35.9 Å². The third-order valence-corrected chi connectivity index (χ3v) is 6.73. The summed E-state index contributed by atoms with van der Waals surface area (Å²) in [4.78, 5) is 5.50. The van der Waals surface area contributed by atoms with Gasteiger partial charge in [0.15, 0.2) is 0 Å². The van der Waals surface area contributed by atoms with Crippen LogP contribution in [0.25, 0.3) is 0 Å². The molecule has 1 aromatic carbocycles. The third-order valence-electron chi connectivity index (χ3n) is 5.58. The predicted molar refractivity (Wildman–Crippen MR) is 90.6 cm³/mol. The van der Waals surface area contributed by atoms with Crippen molar-refractivity contribution in [1.82, 2.24) is 9.80 Å².